The number of amides is 1. The zero-order valence-corrected chi connectivity index (χ0v) is 21.4. The molecule has 1 aliphatic rings. The highest BCUT2D eigenvalue weighted by Crippen LogP contribution is 2.35. The van der Waals surface area contributed by atoms with E-state index in [0.29, 0.717) is 18.8 Å². The number of carbonyl (C=O) groups is 1. The summed E-state index contributed by atoms with van der Waals surface area (Å²) in [7, 11) is 0. The van der Waals surface area contributed by atoms with Gasteiger partial charge in [0.15, 0.2) is 5.76 Å². The van der Waals surface area contributed by atoms with Crippen molar-refractivity contribution in [3.05, 3.63) is 78.7 Å². The number of aryl methyl sites for hydroxylation is 3. The second-order valence-corrected chi connectivity index (χ2v) is 10.3. The number of nitrogens with one attached hydrogen (secondary N) is 1. The molecule has 168 valence electrons. The number of pyridine rings is 1. The van der Waals surface area contributed by atoms with Gasteiger partial charge in [0.25, 0.3) is 11.5 Å². The molecule has 1 fully saturated rings. The molecule has 0 atom stereocenters. The van der Waals surface area contributed by atoms with Gasteiger partial charge >= 0.3 is 0 Å². The number of nitrogens with zero attached hydrogens (tertiary/aromatic N) is 2. The van der Waals surface area contributed by atoms with E-state index < -0.39 is 0 Å². The molecule has 1 N–H and O–H groups in total. The Morgan fingerprint density at radius 3 is 2.44 bits per heavy atom. The first-order chi connectivity index (χ1) is 15.3. The first kappa shape index (κ1) is 23.1. The third-order valence-corrected chi connectivity index (χ3v) is 8.14. The molecular weight excluding hydrogens is 537 g/mol. The van der Waals surface area contributed by atoms with Crippen LogP contribution in [0.15, 0.2) is 55.6 Å². The lowest BCUT2D eigenvalue weighted by Crippen LogP contribution is -2.48. The molecular formula is C24H26IN3O3S. The summed E-state index contributed by atoms with van der Waals surface area (Å²) in [6.07, 6.45) is 1.53. The van der Waals surface area contributed by atoms with Crippen LogP contribution in [0.1, 0.15) is 32.9 Å². The highest BCUT2D eigenvalue weighted by Gasteiger charge is 2.25. The van der Waals surface area contributed by atoms with Crippen LogP contribution in [0.25, 0.3) is 0 Å². The van der Waals surface area contributed by atoms with Crippen LogP contribution in [0.4, 0.5) is 0 Å². The van der Waals surface area contributed by atoms with Crippen molar-refractivity contribution < 1.29 is 9.21 Å². The molecule has 0 bridgehead atoms. The first-order valence-corrected chi connectivity index (χ1v) is 12.4. The van der Waals surface area contributed by atoms with Gasteiger partial charge in [0.05, 0.1) is 9.83 Å². The van der Waals surface area contributed by atoms with Crippen LogP contribution in [0.5, 0.6) is 0 Å². The largest absolute Gasteiger partial charge is 0.459 e. The van der Waals surface area contributed by atoms with E-state index in [2.05, 4.69) is 64.5 Å². The molecule has 1 amide bonds. The Labute approximate surface area is 205 Å². The number of piperazine rings is 1. The molecule has 0 spiro atoms. The highest BCUT2D eigenvalue weighted by molar-refractivity contribution is 14.1. The van der Waals surface area contributed by atoms with Crippen molar-refractivity contribution in [1.82, 2.24) is 14.8 Å². The van der Waals surface area contributed by atoms with Crippen molar-refractivity contribution in [3.8, 4) is 0 Å². The normalized spacial score (nSPS) is 14.7. The molecule has 3 heterocycles. The number of aromatic nitrogens is 1. The quantitative estimate of drug-likeness (QED) is 0.460. The molecule has 0 aliphatic carbocycles. The minimum atomic E-state index is -0.0597. The van der Waals surface area contributed by atoms with Crippen LogP contribution in [0.2, 0.25) is 0 Å². The fraction of sp³-hybridized carbons (Fsp3) is 0.333. The molecule has 0 unspecified atom stereocenters. The summed E-state index contributed by atoms with van der Waals surface area (Å²) in [6.45, 7) is 9.73. The smallest absolute Gasteiger partial charge is 0.289 e. The van der Waals surface area contributed by atoms with E-state index in [1.165, 1.54) is 17.4 Å². The molecule has 1 aliphatic heterocycles. The Morgan fingerprint density at radius 1 is 1.12 bits per heavy atom. The number of benzene rings is 1. The van der Waals surface area contributed by atoms with Crippen molar-refractivity contribution in [2.45, 2.75) is 37.1 Å². The molecule has 8 heteroatoms. The van der Waals surface area contributed by atoms with Crippen molar-refractivity contribution >= 4 is 40.3 Å². The number of hydrogen-bond donors (Lipinski definition) is 1. The van der Waals surface area contributed by atoms with Gasteiger partial charge in [-0.2, -0.15) is 0 Å². The van der Waals surface area contributed by atoms with E-state index in [0.717, 1.165) is 44.3 Å². The number of hydrogen-bond acceptors (Lipinski definition) is 5. The molecule has 3 aromatic rings. The third kappa shape index (κ3) is 5.13. The Morgan fingerprint density at radius 2 is 1.81 bits per heavy atom. The van der Waals surface area contributed by atoms with E-state index in [9.17, 15) is 9.59 Å². The highest BCUT2D eigenvalue weighted by atomic mass is 127. The molecule has 6 nitrogen and oxygen atoms in total. The average Bonchev–Trinajstić information content (AvgIpc) is 3.29. The predicted octanol–water partition coefficient (Wildman–Crippen LogP) is 4.61. The lowest BCUT2D eigenvalue weighted by Gasteiger charge is -2.35. The van der Waals surface area contributed by atoms with Crippen LogP contribution in [-0.2, 0) is 6.54 Å². The minimum Gasteiger partial charge on any atom is -0.459 e. The summed E-state index contributed by atoms with van der Waals surface area (Å²) in [6, 6.07) is 9.92. The second kappa shape index (κ2) is 9.84. The summed E-state index contributed by atoms with van der Waals surface area (Å²) in [5.74, 6) is 0.326. The van der Waals surface area contributed by atoms with Crippen LogP contribution in [0.3, 0.4) is 0 Å². The standard InChI is InChI=1S/C24H26IN3O3S/c1-15-11-16(2)13-18(12-15)32-22-19(17(3)26-23(29)21(22)25)14-27-6-8-28(9-7-27)24(30)20-5-4-10-31-20/h4-5,10-13H,6-9,14H2,1-3H3,(H,26,29). The van der Waals surface area contributed by atoms with Gasteiger partial charge < -0.3 is 14.3 Å². The molecule has 4 rings (SSSR count). The Kier molecular flexibility index (Phi) is 7.11. The number of aromatic amines is 1. The summed E-state index contributed by atoms with van der Waals surface area (Å²) in [5.41, 5.74) is 4.42. The van der Waals surface area contributed by atoms with Gasteiger partial charge in [0, 0.05) is 53.8 Å². The monoisotopic (exact) mass is 563 g/mol. The van der Waals surface area contributed by atoms with Gasteiger partial charge in [-0.3, -0.25) is 14.5 Å². The maximum absolute atomic E-state index is 12.5. The third-order valence-electron chi connectivity index (χ3n) is 5.61. The number of carbonyl (C=O) groups excluding carboxylic acids is 1. The lowest BCUT2D eigenvalue weighted by atomic mass is 10.1. The van der Waals surface area contributed by atoms with E-state index in [1.807, 2.05) is 11.8 Å². The number of H-pyrrole nitrogens is 1. The van der Waals surface area contributed by atoms with Crippen LogP contribution < -0.4 is 5.56 Å². The van der Waals surface area contributed by atoms with E-state index in [4.69, 9.17) is 4.42 Å². The Bertz CT molecular complexity index is 1160. The molecule has 2 aromatic heterocycles. The van der Waals surface area contributed by atoms with Gasteiger partial charge in [-0.1, -0.05) is 17.8 Å². The SMILES string of the molecule is Cc1cc(C)cc(Sc2c(CN3CCN(C(=O)c4ccco4)CC3)c(C)[nH]c(=O)c2I)c1. The topological polar surface area (TPSA) is 69.5 Å². The van der Waals surface area contributed by atoms with Gasteiger partial charge in [0.1, 0.15) is 0 Å². The van der Waals surface area contributed by atoms with Crippen LogP contribution >= 0.6 is 34.4 Å². The second-order valence-electron chi connectivity index (χ2n) is 8.17. The summed E-state index contributed by atoms with van der Waals surface area (Å²) >= 11 is 3.82. The molecule has 1 aromatic carbocycles. The number of halogens is 1. The van der Waals surface area contributed by atoms with E-state index in [1.54, 1.807) is 23.9 Å². The number of furan rings is 1. The summed E-state index contributed by atoms with van der Waals surface area (Å²) < 4.78 is 5.98. The lowest BCUT2D eigenvalue weighted by molar-refractivity contribution is 0.0596. The van der Waals surface area contributed by atoms with Gasteiger partial charge in [0.2, 0.25) is 0 Å². The van der Waals surface area contributed by atoms with Gasteiger partial charge in [-0.25, -0.2) is 0 Å². The van der Waals surface area contributed by atoms with Crippen LogP contribution in [0, 0.1) is 24.3 Å². The maximum atomic E-state index is 12.5. The Hall–Kier alpha value is -2.04. The van der Waals surface area contributed by atoms with Crippen molar-refractivity contribution in [1.29, 1.82) is 0 Å². The van der Waals surface area contributed by atoms with E-state index in [-0.39, 0.29) is 11.5 Å². The minimum absolute atomic E-state index is 0.0485. The average molecular weight is 563 g/mol. The van der Waals surface area contributed by atoms with E-state index >= 15 is 0 Å². The fourth-order valence-corrected chi connectivity index (χ4v) is 6.04. The van der Waals surface area contributed by atoms with Crippen LogP contribution in [-0.4, -0.2) is 46.9 Å². The first-order valence-electron chi connectivity index (χ1n) is 10.5. The predicted molar refractivity (Wildman–Crippen MR) is 134 cm³/mol. The van der Waals surface area contributed by atoms with Crippen molar-refractivity contribution in [2.75, 3.05) is 26.2 Å². The molecule has 32 heavy (non-hydrogen) atoms. The maximum Gasteiger partial charge on any atom is 0.289 e. The molecule has 1 saturated heterocycles. The molecule has 0 radical (unpaired) electrons. The van der Waals surface area contributed by atoms with Crippen molar-refractivity contribution in [2.24, 2.45) is 0 Å². The summed E-state index contributed by atoms with van der Waals surface area (Å²) in [4.78, 5) is 34.4. The zero-order valence-electron chi connectivity index (χ0n) is 18.4. The number of rotatable bonds is 5. The fourth-order valence-electron chi connectivity index (χ4n) is 4.00. The summed E-state index contributed by atoms with van der Waals surface area (Å²) in [5, 5.41) is 0. The Balaban J connectivity index is 1.53. The van der Waals surface area contributed by atoms with Gasteiger partial charge in [-0.15, -0.1) is 0 Å². The van der Waals surface area contributed by atoms with Gasteiger partial charge in [-0.05, 0) is 78.8 Å². The zero-order chi connectivity index (χ0) is 22.8. The van der Waals surface area contributed by atoms with Crippen molar-refractivity contribution in [3.63, 3.8) is 0 Å². The molecule has 0 saturated carbocycles.